The fraction of sp³-hybridized carbons (Fsp3) is 0.323. The summed E-state index contributed by atoms with van der Waals surface area (Å²) in [5.41, 5.74) is 3.12. The van der Waals surface area contributed by atoms with Gasteiger partial charge in [0, 0.05) is 56.1 Å². The van der Waals surface area contributed by atoms with Gasteiger partial charge in [-0.2, -0.15) is 0 Å². The Morgan fingerprint density at radius 3 is 2.59 bits per heavy atom. The average Bonchev–Trinajstić information content (AvgIpc) is 3.67. The molecule has 0 atom stereocenters. The summed E-state index contributed by atoms with van der Waals surface area (Å²) in [6.07, 6.45) is 1.30. The van der Waals surface area contributed by atoms with Crippen molar-refractivity contribution in [1.82, 2.24) is 24.6 Å². The van der Waals surface area contributed by atoms with Crippen molar-refractivity contribution in [3.05, 3.63) is 78.4 Å². The molecule has 6 rings (SSSR count). The Bertz CT molecular complexity index is 1490. The van der Waals surface area contributed by atoms with Crippen molar-refractivity contribution >= 4 is 17.7 Å². The van der Waals surface area contributed by atoms with Crippen molar-refractivity contribution in [2.45, 2.75) is 24.5 Å². The van der Waals surface area contributed by atoms with Gasteiger partial charge < -0.3 is 19.1 Å². The van der Waals surface area contributed by atoms with E-state index >= 15 is 0 Å². The molecule has 2 aliphatic rings. The number of hydrogen-bond acceptors (Lipinski definition) is 8. The maximum atomic E-state index is 13.0. The number of rotatable bonds is 10. The first-order valence-electron chi connectivity index (χ1n) is 13.8. The summed E-state index contributed by atoms with van der Waals surface area (Å²) in [4.78, 5) is 17.3. The molecule has 0 aliphatic carbocycles. The SMILES string of the molecule is COc1cccc(-c2nnc(SCCCC(=O)N3CCN(Cc4ccc5c(c4)OCO5)CC3)n2-c2ccccc2)c1. The Kier molecular flexibility index (Phi) is 8.39. The van der Waals surface area contributed by atoms with E-state index in [2.05, 4.69) is 31.8 Å². The lowest BCUT2D eigenvalue weighted by molar-refractivity contribution is -0.133. The summed E-state index contributed by atoms with van der Waals surface area (Å²) in [7, 11) is 1.66. The molecule has 1 fully saturated rings. The summed E-state index contributed by atoms with van der Waals surface area (Å²) in [6.45, 7) is 4.36. The van der Waals surface area contributed by atoms with E-state index in [0.29, 0.717) is 6.42 Å². The molecule has 9 nitrogen and oxygen atoms in total. The van der Waals surface area contributed by atoms with Gasteiger partial charge in [0.05, 0.1) is 7.11 Å². The number of nitrogens with zero attached hydrogens (tertiary/aromatic N) is 5. The van der Waals surface area contributed by atoms with Crippen LogP contribution < -0.4 is 14.2 Å². The topological polar surface area (TPSA) is 82.0 Å². The van der Waals surface area contributed by atoms with Crippen molar-refractivity contribution in [3.8, 4) is 34.3 Å². The third kappa shape index (κ3) is 6.34. The molecule has 1 saturated heterocycles. The van der Waals surface area contributed by atoms with Crippen LogP contribution in [-0.4, -0.2) is 76.3 Å². The van der Waals surface area contributed by atoms with Crippen molar-refractivity contribution in [3.63, 3.8) is 0 Å². The molecule has 2 aliphatic heterocycles. The van der Waals surface area contributed by atoms with Crippen molar-refractivity contribution in [2.24, 2.45) is 0 Å². The van der Waals surface area contributed by atoms with Gasteiger partial charge in [-0.3, -0.25) is 14.3 Å². The molecule has 10 heteroatoms. The van der Waals surface area contributed by atoms with Crippen LogP contribution in [0.4, 0.5) is 0 Å². The first kappa shape index (κ1) is 27.2. The fourth-order valence-electron chi connectivity index (χ4n) is 5.12. The number of hydrogen-bond donors (Lipinski definition) is 0. The molecule has 4 aromatic rings. The van der Waals surface area contributed by atoms with Crippen LogP contribution in [0.15, 0.2) is 78.0 Å². The summed E-state index contributed by atoms with van der Waals surface area (Å²) < 4.78 is 18.4. The molecule has 0 bridgehead atoms. The largest absolute Gasteiger partial charge is 0.497 e. The van der Waals surface area contributed by atoms with E-state index in [1.165, 1.54) is 5.56 Å². The molecule has 0 unspecified atom stereocenters. The number of thioether (sulfide) groups is 1. The normalized spacial score (nSPS) is 14.8. The van der Waals surface area contributed by atoms with Crippen LogP contribution in [0, 0.1) is 0 Å². The molecular formula is C31H33N5O4S. The Morgan fingerprint density at radius 1 is 0.927 bits per heavy atom. The second-order valence-corrected chi connectivity index (χ2v) is 11.1. The summed E-state index contributed by atoms with van der Waals surface area (Å²) in [5, 5.41) is 9.84. The number of para-hydroxylation sites is 1. The van der Waals surface area contributed by atoms with Gasteiger partial charge in [-0.1, -0.05) is 48.2 Å². The van der Waals surface area contributed by atoms with E-state index < -0.39 is 0 Å². The fourth-order valence-corrected chi connectivity index (χ4v) is 6.01. The average molecular weight is 572 g/mol. The molecule has 0 saturated carbocycles. The van der Waals surface area contributed by atoms with Gasteiger partial charge in [-0.15, -0.1) is 10.2 Å². The maximum Gasteiger partial charge on any atom is 0.231 e. The highest BCUT2D eigenvalue weighted by Gasteiger charge is 2.22. The maximum absolute atomic E-state index is 13.0. The number of piperazine rings is 1. The number of aromatic nitrogens is 3. The number of benzene rings is 3. The van der Waals surface area contributed by atoms with E-state index in [0.717, 1.165) is 84.4 Å². The Morgan fingerprint density at radius 2 is 1.76 bits per heavy atom. The van der Waals surface area contributed by atoms with E-state index in [4.69, 9.17) is 14.2 Å². The molecule has 0 N–H and O–H groups in total. The molecule has 3 aromatic carbocycles. The van der Waals surface area contributed by atoms with Gasteiger partial charge in [0.1, 0.15) is 5.75 Å². The number of fused-ring (bicyclic) bond motifs is 1. The van der Waals surface area contributed by atoms with Crippen LogP contribution in [0.25, 0.3) is 17.1 Å². The lowest BCUT2D eigenvalue weighted by Crippen LogP contribution is -2.48. The predicted octanol–water partition coefficient (Wildman–Crippen LogP) is 4.89. The Balaban J connectivity index is 1.01. The van der Waals surface area contributed by atoms with E-state index in [1.807, 2.05) is 65.6 Å². The van der Waals surface area contributed by atoms with Crippen LogP contribution in [0.5, 0.6) is 17.2 Å². The standard InChI is InChI=1S/C31H33N5O4S/c1-38-26-10-5-7-24(20-26)30-32-33-31(36(30)25-8-3-2-4-9-25)41-18-6-11-29(37)35-16-14-34(15-17-35)21-23-12-13-27-28(19-23)40-22-39-27/h2-5,7-10,12-13,19-20H,6,11,14-18,21-22H2,1H3. The first-order valence-corrected chi connectivity index (χ1v) is 14.8. The van der Waals surface area contributed by atoms with Crippen molar-refractivity contribution < 1.29 is 19.0 Å². The Labute approximate surface area is 244 Å². The van der Waals surface area contributed by atoms with Gasteiger partial charge in [0.25, 0.3) is 0 Å². The van der Waals surface area contributed by atoms with Gasteiger partial charge in [0.2, 0.25) is 12.7 Å². The lowest BCUT2D eigenvalue weighted by Gasteiger charge is -2.34. The van der Waals surface area contributed by atoms with Crippen LogP contribution in [-0.2, 0) is 11.3 Å². The van der Waals surface area contributed by atoms with E-state index in [9.17, 15) is 4.79 Å². The predicted molar refractivity (Wildman–Crippen MR) is 158 cm³/mol. The van der Waals surface area contributed by atoms with Crippen molar-refractivity contribution in [2.75, 3.05) is 45.8 Å². The molecule has 41 heavy (non-hydrogen) atoms. The zero-order valence-electron chi connectivity index (χ0n) is 23.1. The first-order chi connectivity index (χ1) is 20.2. The summed E-state index contributed by atoms with van der Waals surface area (Å²) >= 11 is 1.63. The second kappa shape index (κ2) is 12.7. The molecular weight excluding hydrogens is 538 g/mol. The van der Waals surface area contributed by atoms with Crippen LogP contribution in [0.3, 0.4) is 0 Å². The third-order valence-electron chi connectivity index (χ3n) is 7.31. The minimum Gasteiger partial charge on any atom is -0.497 e. The highest BCUT2D eigenvalue weighted by Crippen LogP contribution is 2.33. The number of amides is 1. The van der Waals surface area contributed by atoms with Gasteiger partial charge in [-0.25, -0.2) is 0 Å². The van der Waals surface area contributed by atoms with Gasteiger partial charge in [-0.05, 0) is 48.4 Å². The number of methoxy groups -OCH3 is 1. The van der Waals surface area contributed by atoms with Gasteiger partial charge in [0.15, 0.2) is 22.5 Å². The smallest absolute Gasteiger partial charge is 0.231 e. The van der Waals surface area contributed by atoms with Crippen LogP contribution in [0.1, 0.15) is 18.4 Å². The monoisotopic (exact) mass is 571 g/mol. The van der Waals surface area contributed by atoms with E-state index in [1.54, 1.807) is 18.9 Å². The Hall–Kier alpha value is -4.02. The molecule has 1 aromatic heterocycles. The lowest BCUT2D eigenvalue weighted by atomic mass is 10.1. The molecule has 1 amide bonds. The third-order valence-corrected chi connectivity index (χ3v) is 8.33. The number of carbonyl (C=O) groups is 1. The summed E-state index contributed by atoms with van der Waals surface area (Å²) in [6, 6.07) is 24.0. The highest BCUT2D eigenvalue weighted by molar-refractivity contribution is 7.99. The molecule has 0 spiro atoms. The van der Waals surface area contributed by atoms with Crippen LogP contribution >= 0.6 is 11.8 Å². The summed E-state index contributed by atoms with van der Waals surface area (Å²) in [5.74, 6) is 4.14. The van der Waals surface area contributed by atoms with Crippen molar-refractivity contribution in [1.29, 1.82) is 0 Å². The van der Waals surface area contributed by atoms with Gasteiger partial charge >= 0.3 is 0 Å². The molecule has 212 valence electrons. The number of ether oxygens (including phenoxy) is 3. The highest BCUT2D eigenvalue weighted by atomic mass is 32.2. The zero-order valence-corrected chi connectivity index (χ0v) is 23.9. The van der Waals surface area contributed by atoms with E-state index in [-0.39, 0.29) is 12.7 Å². The van der Waals surface area contributed by atoms with Crippen LogP contribution in [0.2, 0.25) is 0 Å². The minimum atomic E-state index is 0.218. The zero-order chi connectivity index (χ0) is 28.0. The minimum absolute atomic E-state index is 0.218. The molecule has 3 heterocycles. The quantitative estimate of drug-likeness (QED) is 0.197. The molecule has 0 radical (unpaired) electrons. The second-order valence-electron chi connectivity index (χ2n) is 10.0. The number of carbonyl (C=O) groups excluding carboxylic acids is 1.